The Morgan fingerprint density at radius 3 is 2.57 bits per heavy atom. The molecular weight excluding hydrogens is 289 g/mol. The molecule has 0 saturated carbocycles. The summed E-state index contributed by atoms with van der Waals surface area (Å²) in [6.45, 7) is 7.05. The van der Waals surface area contributed by atoms with E-state index in [0.29, 0.717) is 16.4 Å². The fourth-order valence-corrected chi connectivity index (χ4v) is 2.14. The van der Waals surface area contributed by atoms with Gasteiger partial charge in [-0.25, -0.2) is 14.4 Å². The van der Waals surface area contributed by atoms with Crippen molar-refractivity contribution in [2.45, 2.75) is 33.1 Å². The van der Waals surface area contributed by atoms with Gasteiger partial charge in [0.1, 0.15) is 11.6 Å². The second kappa shape index (κ2) is 6.85. The van der Waals surface area contributed by atoms with Gasteiger partial charge < -0.3 is 5.32 Å². The van der Waals surface area contributed by atoms with Gasteiger partial charge in [-0.05, 0) is 30.5 Å². The van der Waals surface area contributed by atoms with E-state index < -0.39 is 0 Å². The van der Waals surface area contributed by atoms with E-state index in [2.05, 4.69) is 36.1 Å². The molecule has 2 aromatic rings. The van der Waals surface area contributed by atoms with Crippen molar-refractivity contribution in [2.24, 2.45) is 0 Å². The molecule has 0 saturated heterocycles. The van der Waals surface area contributed by atoms with Gasteiger partial charge in [0.15, 0.2) is 5.82 Å². The summed E-state index contributed by atoms with van der Waals surface area (Å²) >= 11 is 5.91. The van der Waals surface area contributed by atoms with Crippen LogP contribution in [-0.4, -0.2) is 16.5 Å². The lowest BCUT2D eigenvalue weighted by atomic mass is 10.1. The molecule has 1 N–H and O–H groups in total. The van der Waals surface area contributed by atoms with Gasteiger partial charge in [0, 0.05) is 28.9 Å². The van der Waals surface area contributed by atoms with Crippen molar-refractivity contribution < 1.29 is 4.39 Å². The zero-order chi connectivity index (χ0) is 15.4. The molecule has 0 spiro atoms. The monoisotopic (exact) mass is 307 g/mol. The van der Waals surface area contributed by atoms with Crippen molar-refractivity contribution in [3.05, 3.63) is 40.8 Å². The first-order chi connectivity index (χ1) is 9.99. The van der Waals surface area contributed by atoms with Crippen molar-refractivity contribution in [2.75, 3.05) is 11.9 Å². The average Bonchev–Trinajstić information content (AvgIpc) is 2.43. The van der Waals surface area contributed by atoms with Crippen LogP contribution in [0.5, 0.6) is 0 Å². The number of halogens is 2. The number of aromatic nitrogens is 2. The van der Waals surface area contributed by atoms with Crippen molar-refractivity contribution in [1.29, 1.82) is 0 Å². The fraction of sp³-hybridized carbons (Fsp3) is 0.375. The van der Waals surface area contributed by atoms with Crippen LogP contribution in [0.3, 0.4) is 0 Å². The third-order valence-electron chi connectivity index (χ3n) is 3.01. The van der Waals surface area contributed by atoms with Crippen molar-refractivity contribution in [3.63, 3.8) is 0 Å². The first-order valence-electron chi connectivity index (χ1n) is 7.09. The van der Waals surface area contributed by atoms with Gasteiger partial charge in [0.25, 0.3) is 0 Å². The highest BCUT2D eigenvalue weighted by atomic mass is 35.5. The molecule has 5 heteroatoms. The van der Waals surface area contributed by atoms with Crippen LogP contribution in [0.2, 0.25) is 5.02 Å². The normalized spacial score (nSPS) is 11.0. The Bertz CT molecular complexity index is 609. The molecule has 0 bridgehead atoms. The van der Waals surface area contributed by atoms with Gasteiger partial charge >= 0.3 is 0 Å². The topological polar surface area (TPSA) is 37.8 Å². The highest BCUT2D eigenvalue weighted by Crippen LogP contribution is 2.25. The lowest BCUT2D eigenvalue weighted by molar-refractivity contribution is 0.628. The molecule has 1 heterocycles. The van der Waals surface area contributed by atoms with Crippen LogP contribution < -0.4 is 5.32 Å². The number of hydrogen-bond acceptors (Lipinski definition) is 3. The Balaban J connectivity index is 2.48. The summed E-state index contributed by atoms with van der Waals surface area (Å²) < 4.78 is 13.5. The highest BCUT2D eigenvalue weighted by molar-refractivity contribution is 6.30. The molecular formula is C16H19ClFN3. The zero-order valence-corrected chi connectivity index (χ0v) is 13.2. The van der Waals surface area contributed by atoms with E-state index in [1.54, 1.807) is 6.07 Å². The quantitative estimate of drug-likeness (QED) is 0.855. The smallest absolute Gasteiger partial charge is 0.161 e. The van der Waals surface area contributed by atoms with Crippen molar-refractivity contribution in [3.8, 4) is 11.4 Å². The SMILES string of the molecule is CCCNc1cc(C(C)C)nc(-c2cc(F)cc(Cl)c2)n1. The largest absolute Gasteiger partial charge is 0.370 e. The maximum absolute atomic E-state index is 13.5. The summed E-state index contributed by atoms with van der Waals surface area (Å²) in [6.07, 6.45) is 1.00. The highest BCUT2D eigenvalue weighted by Gasteiger charge is 2.11. The summed E-state index contributed by atoms with van der Waals surface area (Å²) in [6, 6.07) is 6.28. The van der Waals surface area contributed by atoms with E-state index in [4.69, 9.17) is 11.6 Å². The fourth-order valence-electron chi connectivity index (χ4n) is 1.92. The van der Waals surface area contributed by atoms with E-state index in [9.17, 15) is 4.39 Å². The number of nitrogens with one attached hydrogen (secondary N) is 1. The van der Waals surface area contributed by atoms with Crippen molar-refractivity contribution >= 4 is 17.4 Å². The van der Waals surface area contributed by atoms with Gasteiger partial charge in [-0.15, -0.1) is 0 Å². The van der Waals surface area contributed by atoms with Crippen LogP contribution >= 0.6 is 11.6 Å². The number of hydrogen-bond donors (Lipinski definition) is 1. The maximum Gasteiger partial charge on any atom is 0.161 e. The molecule has 0 atom stereocenters. The lowest BCUT2D eigenvalue weighted by Crippen LogP contribution is -2.06. The molecule has 1 aromatic heterocycles. The Hall–Kier alpha value is -1.68. The van der Waals surface area contributed by atoms with E-state index in [1.807, 2.05) is 6.07 Å². The van der Waals surface area contributed by atoms with Crippen LogP contribution in [0, 0.1) is 5.82 Å². The van der Waals surface area contributed by atoms with Crippen LogP contribution in [0.1, 0.15) is 38.8 Å². The molecule has 3 nitrogen and oxygen atoms in total. The second-order valence-electron chi connectivity index (χ2n) is 5.24. The maximum atomic E-state index is 13.5. The minimum Gasteiger partial charge on any atom is -0.370 e. The summed E-state index contributed by atoms with van der Waals surface area (Å²) in [5.74, 6) is 1.12. The summed E-state index contributed by atoms with van der Waals surface area (Å²) in [7, 11) is 0. The minimum absolute atomic E-state index is 0.262. The van der Waals surface area contributed by atoms with E-state index in [1.165, 1.54) is 12.1 Å². The molecule has 0 aliphatic rings. The van der Waals surface area contributed by atoms with Crippen LogP contribution in [0.25, 0.3) is 11.4 Å². The first-order valence-corrected chi connectivity index (χ1v) is 7.46. The molecule has 0 aliphatic heterocycles. The molecule has 0 fully saturated rings. The summed E-state index contributed by atoms with van der Waals surface area (Å²) in [5.41, 5.74) is 1.50. The Labute approximate surface area is 129 Å². The second-order valence-corrected chi connectivity index (χ2v) is 5.68. The Kier molecular flexibility index (Phi) is 5.12. The van der Waals surface area contributed by atoms with Gasteiger partial charge in [-0.2, -0.15) is 0 Å². The Morgan fingerprint density at radius 2 is 1.95 bits per heavy atom. The van der Waals surface area contributed by atoms with Crippen LogP contribution in [0.15, 0.2) is 24.3 Å². The molecule has 1 aromatic carbocycles. The van der Waals surface area contributed by atoms with Crippen molar-refractivity contribution in [1.82, 2.24) is 9.97 Å². The van der Waals surface area contributed by atoms with Crippen LogP contribution in [0.4, 0.5) is 10.2 Å². The van der Waals surface area contributed by atoms with Crippen LogP contribution in [-0.2, 0) is 0 Å². The molecule has 0 amide bonds. The van der Waals surface area contributed by atoms with Gasteiger partial charge in [-0.3, -0.25) is 0 Å². The third-order valence-corrected chi connectivity index (χ3v) is 3.23. The molecule has 0 aliphatic carbocycles. The predicted octanol–water partition coefficient (Wildman–Crippen LogP) is 4.88. The standard InChI is InChI=1S/C16H19ClFN3/c1-4-5-19-15-9-14(10(2)3)20-16(21-15)11-6-12(17)8-13(18)7-11/h6-10H,4-5H2,1-3H3,(H,19,20,21). The lowest BCUT2D eigenvalue weighted by Gasteiger charge is -2.12. The summed E-state index contributed by atoms with van der Waals surface area (Å²) in [5, 5.41) is 3.59. The van der Waals surface area contributed by atoms with E-state index in [0.717, 1.165) is 24.5 Å². The van der Waals surface area contributed by atoms with Gasteiger partial charge in [0.05, 0.1) is 0 Å². The number of rotatable bonds is 5. The Morgan fingerprint density at radius 1 is 1.19 bits per heavy atom. The molecule has 21 heavy (non-hydrogen) atoms. The number of nitrogens with zero attached hydrogens (tertiary/aromatic N) is 2. The molecule has 112 valence electrons. The minimum atomic E-state index is -0.390. The molecule has 0 radical (unpaired) electrons. The van der Waals surface area contributed by atoms with E-state index >= 15 is 0 Å². The first kappa shape index (κ1) is 15.7. The van der Waals surface area contributed by atoms with Gasteiger partial charge in [-0.1, -0.05) is 32.4 Å². The molecule has 0 unspecified atom stereocenters. The average molecular weight is 308 g/mol. The number of anilines is 1. The molecule has 2 rings (SSSR count). The third kappa shape index (κ3) is 4.14. The van der Waals surface area contributed by atoms with Gasteiger partial charge in [0.2, 0.25) is 0 Å². The number of benzene rings is 1. The summed E-state index contributed by atoms with van der Waals surface area (Å²) in [4.78, 5) is 8.98. The zero-order valence-electron chi connectivity index (χ0n) is 12.5. The van der Waals surface area contributed by atoms with E-state index in [-0.39, 0.29) is 11.7 Å². The predicted molar refractivity (Wildman–Crippen MR) is 85.3 cm³/mol.